The third-order valence-corrected chi connectivity index (χ3v) is 6.28. The number of halogens is 4. The molecule has 0 saturated carbocycles. The van der Waals surface area contributed by atoms with Crippen LogP contribution in [0.2, 0.25) is 5.02 Å². The molecule has 6 nitrogen and oxygen atoms in total. The molecular formula is C20H20Cl2F2N2O4S. The predicted molar refractivity (Wildman–Crippen MR) is 116 cm³/mol. The van der Waals surface area contributed by atoms with Gasteiger partial charge in [0.25, 0.3) is 0 Å². The van der Waals surface area contributed by atoms with E-state index >= 15 is 0 Å². The Bertz CT molecular complexity index is 1190. The fourth-order valence-corrected chi connectivity index (χ4v) is 4.76. The van der Waals surface area contributed by atoms with Gasteiger partial charge >= 0.3 is 5.57 Å². The molecule has 0 aliphatic rings. The molecule has 2 N–H and O–H groups in total. The minimum absolute atomic E-state index is 0.0578. The lowest BCUT2D eigenvalue weighted by atomic mass is 10.1. The molecule has 0 unspecified atom stereocenters. The van der Waals surface area contributed by atoms with Crippen LogP contribution < -0.4 is 14.2 Å². The number of nitrogens with one attached hydrogen (secondary N) is 2. The third kappa shape index (κ3) is 5.79. The average Bonchev–Trinajstić information content (AvgIpc) is 2.97. The lowest BCUT2D eigenvalue weighted by molar-refractivity contribution is -0.0964. The Morgan fingerprint density at radius 3 is 2.61 bits per heavy atom. The molecule has 1 heterocycles. The van der Waals surface area contributed by atoms with Crippen LogP contribution in [0.25, 0.3) is 10.9 Å². The van der Waals surface area contributed by atoms with Crippen LogP contribution in [0.4, 0.5) is 8.78 Å². The molecule has 0 atom stereocenters. The van der Waals surface area contributed by atoms with Crippen LogP contribution >= 0.6 is 23.2 Å². The molecule has 11 heteroatoms. The van der Waals surface area contributed by atoms with Gasteiger partial charge in [0.2, 0.25) is 10.0 Å². The number of alkyl halides is 3. The Balaban J connectivity index is 1.81. The lowest BCUT2D eigenvalue weighted by Gasteiger charge is -2.13. The molecule has 168 valence electrons. The Kier molecular flexibility index (Phi) is 7.00. The molecular weight excluding hydrogens is 473 g/mol. The van der Waals surface area contributed by atoms with Crippen molar-refractivity contribution in [3.8, 4) is 11.5 Å². The highest BCUT2D eigenvalue weighted by molar-refractivity contribution is 7.89. The van der Waals surface area contributed by atoms with Crippen molar-refractivity contribution < 1.29 is 26.7 Å². The largest absolute Gasteiger partial charge is 0.492 e. The zero-order valence-corrected chi connectivity index (χ0v) is 19.0. The van der Waals surface area contributed by atoms with Gasteiger partial charge in [-0.2, -0.15) is 0 Å². The van der Waals surface area contributed by atoms with Gasteiger partial charge in [0.15, 0.2) is 0 Å². The van der Waals surface area contributed by atoms with Gasteiger partial charge in [-0.3, -0.25) is 0 Å². The number of benzene rings is 2. The third-order valence-electron chi connectivity index (χ3n) is 4.49. The second-order valence-electron chi connectivity index (χ2n) is 6.66. The fourth-order valence-electron chi connectivity index (χ4n) is 3.24. The molecule has 0 aliphatic carbocycles. The van der Waals surface area contributed by atoms with Crippen molar-refractivity contribution in [1.82, 2.24) is 9.71 Å². The summed E-state index contributed by atoms with van der Waals surface area (Å²) in [5.41, 5.74) is -1.59. The normalized spacial score (nSPS) is 12.3. The maximum atomic E-state index is 13.0. The van der Waals surface area contributed by atoms with Gasteiger partial charge in [-0.25, -0.2) is 13.1 Å². The molecule has 0 radical (unpaired) electrons. The Hall–Kier alpha value is -2.07. The van der Waals surface area contributed by atoms with E-state index in [9.17, 15) is 17.2 Å². The topological polar surface area (TPSA) is 80.4 Å². The van der Waals surface area contributed by atoms with Crippen LogP contribution in [0.5, 0.6) is 11.5 Å². The lowest BCUT2D eigenvalue weighted by Crippen LogP contribution is -2.26. The number of sulfonamides is 1. The second-order valence-corrected chi connectivity index (χ2v) is 9.27. The van der Waals surface area contributed by atoms with E-state index in [0.717, 1.165) is 11.3 Å². The number of hydrogen-bond acceptors (Lipinski definition) is 4. The van der Waals surface area contributed by atoms with Crippen LogP contribution in [-0.4, -0.2) is 32.1 Å². The number of ether oxygens (including phenoxy) is 2. The second kappa shape index (κ2) is 9.20. The van der Waals surface area contributed by atoms with Gasteiger partial charge in [-0.15, -0.1) is 8.78 Å². The zero-order valence-electron chi connectivity index (χ0n) is 16.6. The Morgan fingerprint density at radius 1 is 1.19 bits per heavy atom. The molecule has 31 heavy (non-hydrogen) atoms. The first-order valence-electron chi connectivity index (χ1n) is 9.29. The highest BCUT2D eigenvalue weighted by Crippen LogP contribution is 2.31. The summed E-state index contributed by atoms with van der Waals surface area (Å²) in [6, 6.07) is 8.76. The minimum Gasteiger partial charge on any atom is -0.492 e. The first kappa shape index (κ1) is 23.6. The van der Waals surface area contributed by atoms with E-state index < -0.39 is 15.6 Å². The summed E-state index contributed by atoms with van der Waals surface area (Å²) in [7, 11) is -3.90. The van der Waals surface area contributed by atoms with Crippen molar-refractivity contribution in [3.05, 3.63) is 52.7 Å². The molecule has 3 rings (SSSR count). The van der Waals surface area contributed by atoms with E-state index in [4.69, 9.17) is 27.9 Å². The van der Waals surface area contributed by atoms with Crippen molar-refractivity contribution >= 4 is 44.1 Å². The van der Waals surface area contributed by atoms with Crippen LogP contribution in [-0.2, 0) is 16.4 Å². The van der Waals surface area contributed by atoms with Crippen molar-refractivity contribution in [1.29, 1.82) is 0 Å². The Labute approximate surface area is 188 Å². The zero-order chi connectivity index (χ0) is 22.8. The molecule has 0 spiro atoms. The van der Waals surface area contributed by atoms with Crippen LogP contribution in [0.3, 0.4) is 0 Å². The van der Waals surface area contributed by atoms with Gasteiger partial charge in [-0.05, 0) is 62.2 Å². The summed E-state index contributed by atoms with van der Waals surface area (Å²) in [4.78, 5) is 3.08. The number of rotatable bonds is 9. The van der Waals surface area contributed by atoms with Gasteiger partial charge in [0.1, 0.15) is 16.4 Å². The monoisotopic (exact) mass is 492 g/mol. The van der Waals surface area contributed by atoms with Crippen LogP contribution in [0.1, 0.15) is 18.2 Å². The summed E-state index contributed by atoms with van der Waals surface area (Å²) >= 11 is 10.8. The van der Waals surface area contributed by atoms with Gasteiger partial charge in [0, 0.05) is 39.8 Å². The number of hydrogen-bond donors (Lipinski definition) is 2. The molecule has 0 saturated heterocycles. The fraction of sp³-hybridized carbons (Fsp3) is 0.300. The van der Waals surface area contributed by atoms with E-state index in [1.54, 1.807) is 19.1 Å². The number of H-pyrrole nitrogens is 1. The summed E-state index contributed by atoms with van der Waals surface area (Å²) in [6.45, 7) is 3.91. The molecule has 0 aliphatic heterocycles. The van der Waals surface area contributed by atoms with Gasteiger partial charge in [0.05, 0.1) is 6.61 Å². The van der Waals surface area contributed by atoms with Crippen molar-refractivity contribution in [2.45, 2.75) is 30.7 Å². The van der Waals surface area contributed by atoms with Crippen molar-refractivity contribution in [2.75, 3.05) is 13.2 Å². The summed E-state index contributed by atoms with van der Waals surface area (Å²) in [5, 5.41) is 0.896. The quantitative estimate of drug-likeness (QED) is 0.401. The smallest absolute Gasteiger partial charge is 0.487 e. The van der Waals surface area contributed by atoms with Crippen LogP contribution in [0.15, 0.2) is 41.3 Å². The SMILES string of the molecule is CCOc1ccc(Cl)cc1S(=O)(=O)NCCc1c(C)[nH]c2ccc(OC(F)(F)Cl)cc12. The van der Waals surface area contributed by atoms with E-state index in [-0.39, 0.29) is 28.0 Å². The number of fused-ring (bicyclic) bond motifs is 1. The first-order chi connectivity index (χ1) is 14.5. The predicted octanol–water partition coefficient (Wildman–Crippen LogP) is 5.22. The van der Waals surface area contributed by atoms with E-state index in [2.05, 4.69) is 14.4 Å². The van der Waals surface area contributed by atoms with E-state index in [1.165, 1.54) is 24.3 Å². The molecule has 3 aromatic rings. The molecule has 0 amide bonds. The molecule has 2 aromatic carbocycles. The van der Waals surface area contributed by atoms with Crippen molar-refractivity contribution in [2.24, 2.45) is 0 Å². The number of aromatic nitrogens is 1. The van der Waals surface area contributed by atoms with Gasteiger partial charge < -0.3 is 14.5 Å². The minimum atomic E-state index is -3.90. The maximum absolute atomic E-state index is 13.0. The average molecular weight is 493 g/mol. The van der Waals surface area contributed by atoms with Gasteiger partial charge in [-0.1, -0.05) is 11.6 Å². The standard InChI is InChI=1S/C20H20Cl2F2N2O4S/c1-3-29-18-7-4-13(21)10-19(18)31(27,28)25-9-8-15-12(2)26-17-6-5-14(11-16(15)17)30-20(22,23)24/h4-7,10-11,25-26H,3,8-9H2,1-2H3. The Morgan fingerprint density at radius 2 is 1.94 bits per heavy atom. The molecule has 0 bridgehead atoms. The van der Waals surface area contributed by atoms with Crippen molar-refractivity contribution in [3.63, 3.8) is 0 Å². The summed E-state index contributed by atoms with van der Waals surface area (Å²) in [5.74, 6) is 0.0973. The number of aromatic amines is 1. The highest BCUT2D eigenvalue weighted by atomic mass is 35.5. The maximum Gasteiger partial charge on any atom is 0.487 e. The van der Waals surface area contributed by atoms with E-state index in [0.29, 0.717) is 23.9 Å². The van der Waals surface area contributed by atoms with E-state index in [1.807, 2.05) is 6.92 Å². The summed E-state index contributed by atoms with van der Waals surface area (Å²) < 4.78 is 63.9. The first-order valence-corrected chi connectivity index (χ1v) is 11.5. The number of aryl methyl sites for hydroxylation is 1. The van der Waals surface area contributed by atoms with Crippen LogP contribution in [0, 0.1) is 6.92 Å². The molecule has 0 fully saturated rings. The molecule has 1 aromatic heterocycles. The summed E-state index contributed by atoms with van der Waals surface area (Å²) in [6.07, 6.45) is 0.302. The highest BCUT2D eigenvalue weighted by Gasteiger charge is 2.28.